The summed E-state index contributed by atoms with van der Waals surface area (Å²) in [5.41, 5.74) is 1.37. The Morgan fingerprint density at radius 3 is 2.68 bits per heavy atom. The van der Waals surface area contributed by atoms with Crippen molar-refractivity contribution in [2.75, 3.05) is 16.8 Å². The lowest BCUT2D eigenvalue weighted by Crippen LogP contribution is -2.37. The molecular weight excluding hydrogens is 519 g/mol. The summed E-state index contributed by atoms with van der Waals surface area (Å²) in [6.45, 7) is 3.76. The van der Waals surface area contributed by atoms with Gasteiger partial charge in [0.2, 0.25) is 0 Å². The molecule has 0 saturated carbocycles. The molecule has 7 nitrogen and oxygen atoms in total. The van der Waals surface area contributed by atoms with Crippen LogP contribution in [0.25, 0.3) is 0 Å². The molecule has 11 heteroatoms. The summed E-state index contributed by atoms with van der Waals surface area (Å²) >= 11 is 13.5. The number of hydrogen-bond acceptors (Lipinski definition) is 6. The number of carbonyl (C=O) groups excluding carboxylic acids is 2. The van der Waals surface area contributed by atoms with Gasteiger partial charge in [-0.15, -0.1) is 11.3 Å². The van der Waals surface area contributed by atoms with Gasteiger partial charge in [-0.3, -0.25) is 9.59 Å². The Hall–Kier alpha value is -1.81. The zero-order valence-electron chi connectivity index (χ0n) is 18.8. The molecule has 1 saturated heterocycles. The van der Waals surface area contributed by atoms with E-state index < -0.39 is 27.9 Å². The molecule has 1 aromatic heterocycles. The van der Waals surface area contributed by atoms with E-state index in [4.69, 9.17) is 27.9 Å². The van der Waals surface area contributed by atoms with Crippen LogP contribution in [0, 0.1) is 5.92 Å². The Morgan fingerprint density at radius 1 is 1.24 bits per heavy atom. The van der Waals surface area contributed by atoms with Gasteiger partial charge in [0.05, 0.1) is 22.1 Å². The molecule has 0 bridgehead atoms. The molecule has 2 aliphatic rings. The maximum atomic E-state index is 13.3. The molecular formula is C23H26Cl2N2O5S2. The normalized spacial score (nSPS) is 22.0. The lowest BCUT2D eigenvalue weighted by molar-refractivity contribution is -0.122. The Morgan fingerprint density at radius 2 is 2.00 bits per heavy atom. The topological polar surface area (TPSA) is 102 Å². The SMILES string of the molecule is CC1CCc2c(sc(NC(=O)C(C)Oc3ccc(Cl)cc3Cl)c2C(=O)NC2CCS(=O)(=O)C2)C1. The molecule has 1 fully saturated rings. The second-order valence-electron chi connectivity index (χ2n) is 8.95. The van der Waals surface area contributed by atoms with E-state index >= 15 is 0 Å². The van der Waals surface area contributed by atoms with Gasteiger partial charge in [-0.2, -0.15) is 0 Å². The molecule has 1 aliphatic carbocycles. The standard InChI is InChI=1S/C23H26Cl2N2O5S2/c1-12-3-5-16-19(9-12)33-23(20(16)22(29)26-15-7-8-34(30,31)11-15)27-21(28)13(2)32-18-6-4-14(24)10-17(18)25/h4,6,10,12-13,15H,3,5,7-9,11H2,1-2H3,(H,26,29)(H,27,28). The van der Waals surface area contributed by atoms with Crippen LogP contribution in [-0.2, 0) is 27.5 Å². The van der Waals surface area contributed by atoms with Crippen molar-refractivity contribution in [2.24, 2.45) is 5.92 Å². The number of sulfone groups is 1. The van der Waals surface area contributed by atoms with Crippen molar-refractivity contribution in [1.82, 2.24) is 5.32 Å². The smallest absolute Gasteiger partial charge is 0.265 e. The molecule has 2 heterocycles. The monoisotopic (exact) mass is 544 g/mol. The van der Waals surface area contributed by atoms with E-state index in [0.29, 0.717) is 38.7 Å². The number of carbonyl (C=O) groups is 2. The second-order valence-corrected chi connectivity index (χ2v) is 13.1. The van der Waals surface area contributed by atoms with Crippen LogP contribution in [0.3, 0.4) is 0 Å². The van der Waals surface area contributed by atoms with Gasteiger partial charge < -0.3 is 15.4 Å². The second kappa shape index (κ2) is 10.0. The maximum Gasteiger partial charge on any atom is 0.265 e. The molecule has 0 radical (unpaired) electrons. The highest BCUT2D eigenvalue weighted by Gasteiger charge is 2.33. The van der Waals surface area contributed by atoms with Crippen LogP contribution in [0.2, 0.25) is 10.0 Å². The highest BCUT2D eigenvalue weighted by molar-refractivity contribution is 7.91. The lowest BCUT2D eigenvalue weighted by atomic mass is 9.88. The zero-order chi connectivity index (χ0) is 24.6. The van der Waals surface area contributed by atoms with E-state index in [1.165, 1.54) is 17.4 Å². The van der Waals surface area contributed by atoms with Gasteiger partial charge in [0, 0.05) is 15.9 Å². The van der Waals surface area contributed by atoms with Crippen molar-refractivity contribution >= 4 is 61.2 Å². The molecule has 3 unspecified atom stereocenters. The molecule has 2 aromatic rings. The van der Waals surface area contributed by atoms with E-state index in [1.54, 1.807) is 19.1 Å². The van der Waals surface area contributed by atoms with Crippen LogP contribution in [0.15, 0.2) is 18.2 Å². The fourth-order valence-electron chi connectivity index (χ4n) is 4.27. The summed E-state index contributed by atoms with van der Waals surface area (Å²) in [5.74, 6) is 0.0571. The highest BCUT2D eigenvalue weighted by Crippen LogP contribution is 2.40. The first kappa shape index (κ1) is 25.3. The number of rotatable bonds is 6. The van der Waals surface area contributed by atoms with Crippen LogP contribution in [0.1, 0.15) is 47.5 Å². The fraction of sp³-hybridized carbons (Fsp3) is 0.478. The Labute approximate surface area is 213 Å². The van der Waals surface area contributed by atoms with Crippen LogP contribution < -0.4 is 15.4 Å². The van der Waals surface area contributed by atoms with Crippen molar-refractivity contribution in [1.29, 1.82) is 0 Å². The molecule has 4 rings (SSSR count). The quantitative estimate of drug-likeness (QED) is 0.557. The largest absolute Gasteiger partial charge is 0.479 e. The molecule has 184 valence electrons. The Kier molecular flexibility index (Phi) is 7.47. The number of anilines is 1. The zero-order valence-corrected chi connectivity index (χ0v) is 22.0. The summed E-state index contributed by atoms with van der Waals surface area (Å²) < 4.78 is 29.4. The van der Waals surface area contributed by atoms with Gasteiger partial charge in [0.1, 0.15) is 10.8 Å². The van der Waals surface area contributed by atoms with E-state index in [1.807, 2.05) is 0 Å². The van der Waals surface area contributed by atoms with Gasteiger partial charge in [0.25, 0.3) is 11.8 Å². The van der Waals surface area contributed by atoms with Crippen LogP contribution in [-0.4, -0.2) is 43.9 Å². The average Bonchev–Trinajstić information content (AvgIpc) is 3.27. The molecule has 0 spiro atoms. The third-order valence-corrected chi connectivity index (χ3v) is 9.58. The summed E-state index contributed by atoms with van der Waals surface area (Å²) in [4.78, 5) is 27.3. The molecule has 3 atom stereocenters. The predicted octanol–water partition coefficient (Wildman–Crippen LogP) is 4.50. The van der Waals surface area contributed by atoms with Crippen molar-refractivity contribution < 1.29 is 22.7 Å². The van der Waals surface area contributed by atoms with E-state index in [2.05, 4.69) is 17.6 Å². The van der Waals surface area contributed by atoms with E-state index in [9.17, 15) is 18.0 Å². The average molecular weight is 546 g/mol. The number of hydrogen-bond donors (Lipinski definition) is 2. The number of thiophene rings is 1. The molecule has 2 N–H and O–H groups in total. The van der Waals surface area contributed by atoms with E-state index in [0.717, 1.165) is 29.7 Å². The minimum Gasteiger partial charge on any atom is -0.479 e. The van der Waals surface area contributed by atoms with Gasteiger partial charge in [0.15, 0.2) is 15.9 Å². The first-order valence-electron chi connectivity index (χ1n) is 11.1. The van der Waals surface area contributed by atoms with Crippen LogP contribution >= 0.6 is 34.5 Å². The Balaban J connectivity index is 1.54. The first-order chi connectivity index (χ1) is 16.0. The van der Waals surface area contributed by atoms with Crippen LogP contribution in [0.4, 0.5) is 5.00 Å². The van der Waals surface area contributed by atoms with Crippen molar-refractivity contribution in [3.05, 3.63) is 44.2 Å². The summed E-state index contributed by atoms with van der Waals surface area (Å²) in [6.07, 6.45) is 2.03. The van der Waals surface area contributed by atoms with Gasteiger partial charge in [-0.25, -0.2) is 8.42 Å². The minimum atomic E-state index is -3.13. The number of benzene rings is 1. The van der Waals surface area contributed by atoms with Crippen molar-refractivity contribution in [3.63, 3.8) is 0 Å². The molecule has 2 amide bonds. The maximum absolute atomic E-state index is 13.3. The molecule has 34 heavy (non-hydrogen) atoms. The summed E-state index contributed by atoms with van der Waals surface area (Å²) in [6, 6.07) is 4.32. The van der Waals surface area contributed by atoms with E-state index in [-0.39, 0.29) is 17.4 Å². The molecule has 1 aromatic carbocycles. The van der Waals surface area contributed by atoms with Gasteiger partial charge in [-0.1, -0.05) is 30.1 Å². The lowest BCUT2D eigenvalue weighted by Gasteiger charge is -2.19. The Bertz CT molecular complexity index is 1230. The highest BCUT2D eigenvalue weighted by atomic mass is 35.5. The van der Waals surface area contributed by atoms with Crippen molar-refractivity contribution in [3.8, 4) is 5.75 Å². The number of ether oxygens (including phenoxy) is 1. The van der Waals surface area contributed by atoms with Crippen molar-refractivity contribution in [2.45, 2.75) is 51.7 Å². The third kappa shape index (κ3) is 5.70. The summed E-state index contributed by atoms with van der Waals surface area (Å²) in [7, 11) is -3.13. The van der Waals surface area contributed by atoms with Gasteiger partial charge >= 0.3 is 0 Å². The first-order valence-corrected chi connectivity index (χ1v) is 14.5. The third-order valence-electron chi connectivity index (χ3n) is 6.11. The number of halogens is 2. The minimum absolute atomic E-state index is 0.0590. The number of fused-ring (bicyclic) bond motifs is 1. The van der Waals surface area contributed by atoms with Crippen LogP contribution in [0.5, 0.6) is 5.75 Å². The van der Waals surface area contributed by atoms with Gasteiger partial charge in [-0.05, 0) is 62.3 Å². The fourth-order valence-corrected chi connectivity index (χ4v) is 7.81. The molecule has 1 aliphatic heterocycles. The predicted molar refractivity (Wildman–Crippen MR) is 135 cm³/mol. The number of nitrogens with one attached hydrogen (secondary N) is 2. The number of amides is 2. The summed E-state index contributed by atoms with van der Waals surface area (Å²) in [5, 5.41) is 6.94.